The van der Waals surface area contributed by atoms with Gasteiger partial charge in [-0.15, -0.1) is 4.52 Å². The predicted octanol–water partition coefficient (Wildman–Crippen LogP) is 7.68. The minimum Gasteiger partial charge on any atom is -0.393 e. The number of fused-ring (bicyclic) bond motifs is 5. The fourth-order valence-electron chi connectivity index (χ4n) is 9.80. The van der Waals surface area contributed by atoms with E-state index in [4.69, 9.17) is 9.05 Å². The molecule has 0 saturated heterocycles. The van der Waals surface area contributed by atoms with E-state index < -0.39 is 55.6 Å². The van der Waals surface area contributed by atoms with E-state index >= 15 is 0 Å². The number of rotatable bonds is 7. The topological polar surface area (TPSA) is 76.0 Å². The van der Waals surface area contributed by atoms with Gasteiger partial charge in [-0.2, -0.15) is 13.2 Å². The SMILES string of the molecule is C[C@H](CCO[P+](=O)Oc1ccc(F)cc1)C1CCC2C3C(CC[C@@]21C)[C@@]1(C)CC[C@@H](O)CC1[C@@H](C(F)(F)F)[C@H]3O. The van der Waals surface area contributed by atoms with Crippen LogP contribution in [0.25, 0.3) is 0 Å². The van der Waals surface area contributed by atoms with E-state index in [0.717, 1.165) is 25.7 Å². The minimum absolute atomic E-state index is 0.00235. The van der Waals surface area contributed by atoms with E-state index in [2.05, 4.69) is 13.8 Å². The van der Waals surface area contributed by atoms with Gasteiger partial charge >= 0.3 is 14.4 Å². The number of benzene rings is 1. The Kier molecular flexibility index (Phi) is 8.37. The normalized spacial score (nSPS) is 42.4. The van der Waals surface area contributed by atoms with Gasteiger partial charge < -0.3 is 10.2 Å². The van der Waals surface area contributed by atoms with Crippen molar-refractivity contribution >= 4 is 8.25 Å². The van der Waals surface area contributed by atoms with Crippen LogP contribution in [0, 0.1) is 58.1 Å². The second-order valence-corrected chi connectivity index (χ2v) is 14.4. The summed E-state index contributed by atoms with van der Waals surface area (Å²) in [5.41, 5.74) is -0.736. The summed E-state index contributed by atoms with van der Waals surface area (Å²) >= 11 is 0. The van der Waals surface area contributed by atoms with E-state index in [1.165, 1.54) is 24.3 Å². The number of hydrogen-bond acceptors (Lipinski definition) is 5. The molecule has 0 spiro atoms. The van der Waals surface area contributed by atoms with Crippen molar-refractivity contribution in [1.82, 2.24) is 0 Å². The number of alkyl halides is 3. The zero-order chi connectivity index (χ0) is 29.0. The molecular formula is C30H42F4O5P+. The first-order chi connectivity index (χ1) is 18.8. The number of aliphatic hydroxyl groups excluding tert-OH is 2. The summed E-state index contributed by atoms with van der Waals surface area (Å²) in [4.78, 5) is 0. The molecule has 1 aromatic rings. The van der Waals surface area contributed by atoms with Crippen LogP contribution in [0.15, 0.2) is 24.3 Å². The van der Waals surface area contributed by atoms with Crippen molar-refractivity contribution in [3.63, 3.8) is 0 Å². The second-order valence-electron chi connectivity index (χ2n) is 13.5. The zero-order valence-corrected chi connectivity index (χ0v) is 24.3. The molecule has 5 rings (SSSR count). The lowest BCUT2D eigenvalue weighted by Gasteiger charge is -2.64. The molecule has 4 saturated carbocycles. The average Bonchev–Trinajstić information content (AvgIpc) is 3.23. The molecule has 0 amide bonds. The lowest BCUT2D eigenvalue weighted by atomic mass is 9.41. The maximum atomic E-state index is 14.5. The van der Waals surface area contributed by atoms with E-state index in [9.17, 15) is 32.3 Å². The summed E-state index contributed by atoms with van der Waals surface area (Å²) in [6, 6.07) is 5.19. The van der Waals surface area contributed by atoms with Crippen molar-refractivity contribution in [2.24, 2.45) is 52.3 Å². The molecule has 0 heterocycles. The van der Waals surface area contributed by atoms with E-state index in [1.54, 1.807) is 0 Å². The molecular weight excluding hydrogens is 547 g/mol. The van der Waals surface area contributed by atoms with Gasteiger partial charge in [-0.3, -0.25) is 0 Å². The van der Waals surface area contributed by atoms with Crippen molar-refractivity contribution in [2.75, 3.05) is 6.61 Å². The average molecular weight is 590 g/mol. The molecule has 2 N–H and O–H groups in total. The van der Waals surface area contributed by atoms with Crippen LogP contribution in [0.2, 0.25) is 0 Å². The van der Waals surface area contributed by atoms with Gasteiger partial charge in [0.1, 0.15) is 12.4 Å². The molecule has 10 heteroatoms. The largest absolute Gasteiger partial charge is 0.750 e. The van der Waals surface area contributed by atoms with Crippen molar-refractivity contribution in [3.05, 3.63) is 30.1 Å². The molecule has 4 aliphatic carbocycles. The Bertz CT molecular complexity index is 1070. The van der Waals surface area contributed by atoms with Crippen LogP contribution in [-0.2, 0) is 9.09 Å². The molecule has 0 bridgehead atoms. The van der Waals surface area contributed by atoms with Gasteiger partial charge in [0.05, 0.1) is 18.1 Å². The summed E-state index contributed by atoms with van der Waals surface area (Å²) in [7, 11) is -2.42. The molecule has 0 aliphatic heterocycles. The first-order valence-electron chi connectivity index (χ1n) is 14.7. The van der Waals surface area contributed by atoms with Crippen molar-refractivity contribution < 1.29 is 41.4 Å². The van der Waals surface area contributed by atoms with Gasteiger partial charge in [0.15, 0.2) is 5.75 Å². The smallest absolute Gasteiger partial charge is 0.393 e. The van der Waals surface area contributed by atoms with E-state index in [1.807, 2.05) is 6.92 Å². The fraction of sp³-hybridized carbons (Fsp3) is 0.800. The van der Waals surface area contributed by atoms with Crippen LogP contribution in [0.1, 0.15) is 72.1 Å². The highest BCUT2D eigenvalue weighted by Gasteiger charge is 2.69. The zero-order valence-electron chi connectivity index (χ0n) is 23.4. The van der Waals surface area contributed by atoms with Crippen molar-refractivity contribution in [2.45, 2.75) is 90.5 Å². The van der Waals surface area contributed by atoms with Crippen LogP contribution in [0.4, 0.5) is 17.6 Å². The standard InChI is InChI=1S/C30H42F4O5P/c1-17(12-15-38-40(37)39-20-6-4-18(31)5-7-20)21-8-9-22-25-23(11-14-28(21,22)2)29(3)13-10-19(35)16-24(29)26(27(25)36)30(32,33)34/h4-7,17,19,21-27,35-36H,8-16H2,1-3H3/q+1/t17-,19-,21?,22?,23?,24?,25?,26-,27+,28-,29-/m1/s1. The lowest BCUT2D eigenvalue weighted by Crippen LogP contribution is -2.64. The first-order valence-corrected chi connectivity index (χ1v) is 15.8. The minimum atomic E-state index is -4.52. The fourth-order valence-corrected chi connectivity index (χ4v) is 10.4. The maximum Gasteiger partial charge on any atom is 0.750 e. The molecule has 4 fully saturated rings. The Morgan fingerprint density at radius 1 is 1.00 bits per heavy atom. The first kappa shape index (κ1) is 30.2. The quantitative estimate of drug-likeness (QED) is 0.252. The highest BCUT2D eigenvalue weighted by Crippen LogP contribution is 2.70. The summed E-state index contributed by atoms with van der Waals surface area (Å²) in [5, 5.41) is 21.8. The summed E-state index contributed by atoms with van der Waals surface area (Å²) in [6.45, 7) is 6.53. The van der Waals surface area contributed by atoms with Crippen LogP contribution in [0.5, 0.6) is 5.75 Å². The maximum absolute atomic E-state index is 14.5. The van der Waals surface area contributed by atoms with Gasteiger partial charge in [0, 0.05) is 4.57 Å². The third-order valence-electron chi connectivity index (χ3n) is 11.7. The molecule has 40 heavy (non-hydrogen) atoms. The van der Waals surface area contributed by atoms with Gasteiger partial charge in [-0.05, 0) is 122 Å². The molecule has 12 atom stereocenters. The molecule has 6 unspecified atom stereocenters. The highest BCUT2D eigenvalue weighted by molar-refractivity contribution is 7.33. The molecule has 224 valence electrons. The number of halogens is 4. The Labute approximate surface area is 235 Å². The van der Waals surface area contributed by atoms with Crippen LogP contribution < -0.4 is 4.52 Å². The molecule has 0 radical (unpaired) electrons. The molecule has 0 aromatic heterocycles. The molecule has 5 nitrogen and oxygen atoms in total. The lowest BCUT2D eigenvalue weighted by molar-refractivity contribution is -0.289. The van der Waals surface area contributed by atoms with E-state index in [-0.39, 0.29) is 47.9 Å². The van der Waals surface area contributed by atoms with Crippen molar-refractivity contribution in [3.8, 4) is 5.75 Å². The van der Waals surface area contributed by atoms with Gasteiger partial charge in [0.25, 0.3) is 0 Å². The monoisotopic (exact) mass is 589 g/mol. The third-order valence-corrected chi connectivity index (χ3v) is 12.4. The van der Waals surface area contributed by atoms with Crippen molar-refractivity contribution in [1.29, 1.82) is 0 Å². The van der Waals surface area contributed by atoms with Crippen LogP contribution in [0.3, 0.4) is 0 Å². The Morgan fingerprint density at radius 3 is 2.33 bits per heavy atom. The number of aliphatic hydroxyl groups is 2. The van der Waals surface area contributed by atoms with Gasteiger partial charge in [-0.1, -0.05) is 20.8 Å². The second kappa shape index (κ2) is 11.1. The predicted molar refractivity (Wildman–Crippen MR) is 142 cm³/mol. The van der Waals surface area contributed by atoms with Crippen LogP contribution in [-0.4, -0.2) is 35.2 Å². The summed E-state index contributed by atoms with van der Waals surface area (Å²) in [6.07, 6.45) is -1.52. The Balaban J connectivity index is 1.27. The summed E-state index contributed by atoms with van der Waals surface area (Å²) < 4.78 is 79.5. The molecule has 4 aliphatic rings. The number of hydrogen-bond donors (Lipinski definition) is 2. The van der Waals surface area contributed by atoms with Crippen LogP contribution >= 0.6 is 8.25 Å². The van der Waals surface area contributed by atoms with Gasteiger partial charge in [-0.25, -0.2) is 8.91 Å². The van der Waals surface area contributed by atoms with Gasteiger partial charge in [0.2, 0.25) is 0 Å². The third kappa shape index (κ3) is 5.33. The Hall–Kier alpha value is -1.28. The highest BCUT2D eigenvalue weighted by atomic mass is 31.1. The Morgan fingerprint density at radius 2 is 1.65 bits per heavy atom. The summed E-state index contributed by atoms with van der Waals surface area (Å²) in [5.74, 6) is -2.68. The van der Waals surface area contributed by atoms with E-state index in [0.29, 0.717) is 19.3 Å². The molecule has 1 aromatic carbocycles.